The number of hydrogen-bond donors (Lipinski definition) is 0. The number of rotatable bonds is 10. The average molecular weight is 628 g/mol. The molecule has 0 aliphatic carbocycles. The molecule has 0 bridgehead atoms. The number of fused-ring (bicyclic) bond motifs is 1. The van der Waals surface area contributed by atoms with Crippen molar-refractivity contribution in [3.8, 4) is 17.2 Å². The van der Waals surface area contributed by atoms with Crippen LogP contribution in [-0.2, 0) is 9.53 Å². The summed E-state index contributed by atoms with van der Waals surface area (Å²) in [4.78, 5) is 32.4. The molecule has 0 amide bonds. The third-order valence-corrected chi connectivity index (χ3v) is 7.56. The molecule has 1 atom stereocenters. The summed E-state index contributed by atoms with van der Waals surface area (Å²) in [6, 6.07) is 10.3. The number of nitrogens with zero attached hydrogens (tertiary/aromatic N) is 2. The molecule has 0 radical (unpaired) electrons. The Balaban J connectivity index is 1.94. The van der Waals surface area contributed by atoms with Crippen molar-refractivity contribution in [3.63, 3.8) is 0 Å². The van der Waals surface area contributed by atoms with Gasteiger partial charge in [-0.15, -0.1) is 0 Å². The van der Waals surface area contributed by atoms with Gasteiger partial charge in [0.25, 0.3) is 5.56 Å². The number of carbonyl (C=O) groups excluding carboxylic acids is 1. The second kappa shape index (κ2) is 12.7. The molecule has 0 saturated heterocycles. The van der Waals surface area contributed by atoms with Crippen LogP contribution in [0, 0.1) is 0 Å². The Kier molecular flexibility index (Phi) is 9.32. The van der Waals surface area contributed by atoms with Gasteiger partial charge in [0.05, 0.1) is 40.1 Å². The van der Waals surface area contributed by atoms with Crippen LogP contribution in [0.25, 0.3) is 6.08 Å². The fraction of sp³-hybridized carbons (Fsp3) is 0.300. The van der Waals surface area contributed by atoms with Crippen LogP contribution in [0.2, 0.25) is 0 Å². The average Bonchev–Trinajstić information content (AvgIpc) is 3.21. The highest BCUT2D eigenvalue weighted by Crippen LogP contribution is 2.38. The first kappa shape index (κ1) is 29.4. The van der Waals surface area contributed by atoms with Gasteiger partial charge in [-0.05, 0) is 73.5 Å². The third-order valence-electron chi connectivity index (χ3n) is 5.99. The molecule has 0 spiro atoms. The van der Waals surface area contributed by atoms with Crippen LogP contribution in [-0.4, -0.2) is 37.0 Å². The number of ether oxygens (including phenoxy) is 4. The molecule has 0 saturated carbocycles. The molecule has 8 nitrogen and oxygen atoms in total. The van der Waals surface area contributed by atoms with Crippen molar-refractivity contribution in [1.82, 2.24) is 4.57 Å². The molecule has 0 N–H and O–H groups in total. The van der Waals surface area contributed by atoms with Crippen molar-refractivity contribution >= 4 is 39.3 Å². The van der Waals surface area contributed by atoms with Gasteiger partial charge in [-0.1, -0.05) is 42.2 Å². The van der Waals surface area contributed by atoms with Gasteiger partial charge in [-0.3, -0.25) is 9.36 Å². The van der Waals surface area contributed by atoms with E-state index in [1.54, 1.807) is 43.7 Å². The molecule has 40 heavy (non-hydrogen) atoms. The van der Waals surface area contributed by atoms with E-state index in [2.05, 4.69) is 27.5 Å². The maximum absolute atomic E-state index is 14.0. The monoisotopic (exact) mass is 626 g/mol. The summed E-state index contributed by atoms with van der Waals surface area (Å²) in [5.41, 5.74) is 1.90. The first-order chi connectivity index (χ1) is 19.2. The van der Waals surface area contributed by atoms with E-state index >= 15 is 0 Å². The lowest BCUT2D eigenvalue weighted by Gasteiger charge is -2.26. The summed E-state index contributed by atoms with van der Waals surface area (Å²) in [5, 5.41) is 0. The van der Waals surface area contributed by atoms with Crippen LogP contribution in [0.15, 0.2) is 74.6 Å². The summed E-state index contributed by atoms with van der Waals surface area (Å²) in [6.45, 7) is 11.5. The van der Waals surface area contributed by atoms with Gasteiger partial charge in [-0.2, -0.15) is 0 Å². The fourth-order valence-corrected chi connectivity index (χ4v) is 6.03. The Morgan fingerprint density at radius 3 is 2.67 bits per heavy atom. The van der Waals surface area contributed by atoms with E-state index in [1.807, 2.05) is 44.2 Å². The van der Waals surface area contributed by atoms with Gasteiger partial charge < -0.3 is 18.9 Å². The zero-order chi connectivity index (χ0) is 29.0. The molecule has 10 heteroatoms. The highest BCUT2D eigenvalue weighted by molar-refractivity contribution is 9.10. The Morgan fingerprint density at radius 1 is 1.25 bits per heavy atom. The minimum atomic E-state index is -0.775. The van der Waals surface area contributed by atoms with Crippen LogP contribution in [0.4, 0.5) is 0 Å². The molecule has 1 aliphatic rings. The van der Waals surface area contributed by atoms with Gasteiger partial charge in [0, 0.05) is 5.56 Å². The number of aromatic nitrogens is 1. The zero-order valence-electron chi connectivity index (χ0n) is 23.0. The van der Waals surface area contributed by atoms with Crippen LogP contribution in [0.1, 0.15) is 44.9 Å². The molecule has 0 fully saturated rings. The van der Waals surface area contributed by atoms with Crippen molar-refractivity contribution in [1.29, 1.82) is 0 Å². The normalized spacial score (nSPS) is 15.0. The maximum Gasteiger partial charge on any atom is 0.338 e. The summed E-state index contributed by atoms with van der Waals surface area (Å²) in [7, 11) is 1.55. The van der Waals surface area contributed by atoms with Crippen molar-refractivity contribution in [2.75, 3.05) is 20.3 Å². The summed E-state index contributed by atoms with van der Waals surface area (Å²) >= 11 is 4.79. The Morgan fingerprint density at radius 2 is 2.00 bits per heavy atom. The predicted molar refractivity (Wildman–Crippen MR) is 159 cm³/mol. The molecular weight excluding hydrogens is 596 g/mol. The Hall–Kier alpha value is -3.63. The van der Waals surface area contributed by atoms with Gasteiger partial charge in [0.2, 0.25) is 0 Å². The number of carbonyl (C=O) groups is 1. The molecular formula is C30H31BrN2O6S. The van der Waals surface area contributed by atoms with Gasteiger partial charge in [-0.25, -0.2) is 9.79 Å². The standard InChI is InChI=1S/C30H31BrN2O6S/c1-7-13-38-27-21(31)14-19(15-23(27)36-6)16-24-28(34)33-26(20-11-9-10-12-22(20)39-17(3)4)25(29(35)37-8-2)18(5)32-30(33)40-24/h7,9-12,14-17,26H,1,8,13H2,2-6H3/b24-16+/t26-/m0/s1. The fourth-order valence-electron chi connectivity index (χ4n) is 4.41. The highest BCUT2D eigenvalue weighted by atomic mass is 79.9. The van der Waals surface area contributed by atoms with Gasteiger partial charge in [0.1, 0.15) is 18.4 Å². The zero-order valence-corrected chi connectivity index (χ0v) is 25.4. The Bertz CT molecular complexity index is 1650. The molecule has 3 aromatic rings. The quantitative estimate of drug-likeness (QED) is 0.234. The Labute approximate surface area is 245 Å². The molecule has 0 unspecified atom stereocenters. The van der Waals surface area contributed by atoms with Crippen LogP contribution in [0.5, 0.6) is 17.2 Å². The highest BCUT2D eigenvalue weighted by Gasteiger charge is 2.35. The predicted octanol–water partition coefficient (Wildman–Crippen LogP) is 4.92. The molecule has 4 rings (SSSR count). The molecule has 210 valence electrons. The number of halogens is 1. The number of thiazole rings is 1. The van der Waals surface area contributed by atoms with Crippen molar-refractivity contribution < 1.29 is 23.7 Å². The molecule has 1 aliphatic heterocycles. The number of allylic oxidation sites excluding steroid dienone is 1. The number of benzene rings is 2. The van der Waals surface area contributed by atoms with E-state index in [-0.39, 0.29) is 18.3 Å². The molecule has 1 aromatic heterocycles. The number of methoxy groups -OCH3 is 1. The molecule has 2 aromatic carbocycles. The van der Waals surface area contributed by atoms with E-state index in [9.17, 15) is 9.59 Å². The van der Waals surface area contributed by atoms with E-state index in [0.29, 0.717) is 54.5 Å². The summed E-state index contributed by atoms with van der Waals surface area (Å²) in [6.07, 6.45) is 3.30. The maximum atomic E-state index is 14.0. The number of para-hydroxylation sites is 1. The van der Waals surface area contributed by atoms with Crippen LogP contribution < -0.4 is 29.1 Å². The first-order valence-electron chi connectivity index (χ1n) is 12.8. The summed E-state index contributed by atoms with van der Waals surface area (Å²) < 4.78 is 25.4. The van der Waals surface area contributed by atoms with E-state index in [0.717, 1.165) is 5.56 Å². The van der Waals surface area contributed by atoms with Crippen molar-refractivity contribution in [2.24, 2.45) is 4.99 Å². The van der Waals surface area contributed by atoms with Gasteiger partial charge in [0.15, 0.2) is 16.3 Å². The van der Waals surface area contributed by atoms with Crippen LogP contribution >= 0.6 is 27.3 Å². The minimum Gasteiger partial charge on any atom is -0.493 e. The lowest BCUT2D eigenvalue weighted by atomic mass is 9.95. The topological polar surface area (TPSA) is 88.4 Å². The number of esters is 1. The first-order valence-corrected chi connectivity index (χ1v) is 14.4. The third kappa shape index (κ3) is 5.93. The van der Waals surface area contributed by atoms with Crippen molar-refractivity contribution in [2.45, 2.75) is 39.8 Å². The largest absolute Gasteiger partial charge is 0.493 e. The smallest absolute Gasteiger partial charge is 0.338 e. The second-order valence-electron chi connectivity index (χ2n) is 9.14. The number of hydrogen-bond acceptors (Lipinski definition) is 8. The van der Waals surface area contributed by atoms with Gasteiger partial charge >= 0.3 is 5.97 Å². The second-order valence-corrected chi connectivity index (χ2v) is 11.0. The van der Waals surface area contributed by atoms with E-state index in [1.165, 1.54) is 11.3 Å². The van der Waals surface area contributed by atoms with Crippen molar-refractivity contribution in [3.05, 3.63) is 95.6 Å². The lowest BCUT2D eigenvalue weighted by molar-refractivity contribution is -0.139. The van der Waals surface area contributed by atoms with E-state index < -0.39 is 12.0 Å². The van der Waals surface area contributed by atoms with E-state index in [4.69, 9.17) is 18.9 Å². The van der Waals surface area contributed by atoms with Crippen LogP contribution in [0.3, 0.4) is 0 Å². The SMILES string of the molecule is C=CCOc1c(Br)cc(/C=c2/sc3n(c2=O)[C@@H](c2ccccc2OC(C)C)C(C(=O)OCC)=C(C)N=3)cc1OC. The minimum absolute atomic E-state index is 0.111. The summed E-state index contributed by atoms with van der Waals surface area (Å²) in [5.74, 6) is 1.11. The lowest BCUT2D eigenvalue weighted by Crippen LogP contribution is -2.40. The molecule has 2 heterocycles.